The maximum absolute atomic E-state index is 13.0. The van der Waals surface area contributed by atoms with Crippen LogP contribution in [0.3, 0.4) is 0 Å². The summed E-state index contributed by atoms with van der Waals surface area (Å²) in [5, 5.41) is 7.96. The van der Waals surface area contributed by atoms with E-state index in [2.05, 4.69) is 15.5 Å². The summed E-state index contributed by atoms with van der Waals surface area (Å²) < 4.78 is 11.1. The van der Waals surface area contributed by atoms with Crippen molar-refractivity contribution in [1.82, 2.24) is 10.1 Å². The fourth-order valence-electron chi connectivity index (χ4n) is 4.19. The van der Waals surface area contributed by atoms with Crippen LogP contribution in [-0.2, 0) is 22.6 Å². The summed E-state index contributed by atoms with van der Waals surface area (Å²) in [7, 11) is 0. The van der Waals surface area contributed by atoms with Crippen LogP contribution in [0.25, 0.3) is 10.9 Å². The van der Waals surface area contributed by atoms with Crippen LogP contribution in [0.2, 0.25) is 0 Å². The number of anilines is 2. The zero-order valence-electron chi connectivity index (χ0n) is 18.6. The molecule has 1 atom stereocenters. The van der Waals surface area contributed by atoms with Crippen molar-refractivity contribution in [3.05, 3.63) is 71.2 Å². The number of aromatic nitrogens is 2. The number of rotatable bonds is 5. The average molecular weight is 444 g/mol. The first-order chi connectivity index (χ1) is 15.9. The van der Waals surface area contributed by atoms with Crippen LogP contribution < -0.4 is 15.0 Å². The number of hydrogen-bond acceptors (Lipinski definition) is 5. The molecule has 0 saturated carbocycles. The molecule has 168 valence electrons. The summed E-state index contributed by atoms with van der Waals surface area (Å²) in [4.78, 5) is 30.6. The van der Waals surface area contributed by atoms with Crippen LogP contribution in [-0.4, -0.2) is 28.1 Å². The minimum Gasteiger partial charge on any atom is -0.479 e. The number of aromatic amines is 1. The zero-order chi connectivity index (χ0) is 23.1. The van der Waals surface area contributed by atoms with Gasteiger partial charge in [0, 0.05) is 28.4 Å². The van der Waals surface area contributed by atoms with Gasteiger partial charge in [0.15, 0.2) is 6.10 Å². The molecule has 1 unspecified atom stereocenters. The lowest BCUT2D eigenvalue weighted by Crippen LogP contribution is -2.44. The number of nitrogens with zero attached hydrogens (tertiary/aromatic N) is 2. The Morgan fingerprint density at radius 1 is 1.21 bits per heavy atom. The number of para-hydroxylation sites is 1. The molecule has 0 radical (unpaired) electrons. The van der Waals surface area contributed by atoms with Gasteiger partial charge in [0.2, 0.25) is 5.91 Å². The van der Waals surface area contributed by atoms with Gasteiger partial charge in [0.25, 0.3) is 5.91 Å². The molecule has 0 bridgehead atoms. The highest BCUT2D eigenvalue weighted by atomic mass is 16.5. The molecule has 3 heterocycles. The SMILES string of the molecule is Cc1noc(C)c1CN1C(=O)C(C)Oc2ccc(NC(=O)Cc3c[nH]c4ccccc34)cc21. The second kappa shape index (κ2) is 8.12. The van der Waals surface area contributed by atoms with Crippen molar-refractivity contribution in [2.45, 2.75) is 39.8 Å². The highest BCUT2D eigenvalue weighted by Crippen LogP contribution is 2.38. The molecule has 2 N–H and O–H groups in total. The van der Waals surface area contributed by atoms with Gasteiger partial charge in [-0.25, -0.2) is 0 Å². The molecule has 2 amide bonds. The summed E-state index contributed by atoms with van der Waals surface area (Å²) in [6.07, 6.45) is 1.48. The molecule has 2 aromatic heterocycles. The predicted octanol–water partition coefficient (Wildman–Crippen LogP) is 4.27. The molecule has 8 nitrogen and oxygen atoms in total. The summed E-state index contributed by atoms with van der Waals surface area (Å²) in [6.45, 7) is 5.71. The molecule has 8 heteroatoms. The molecule has 4 aromatic rings. The molecule has 5 rings (SSSR count). The van der Waals surface area contributed by atoms with E-state index in [0.717, 1.165) is 27.7 Å². The zero-order valence-corrected chi connectivity index (χ0v) is 18.6. The monoisotopic (exact) mass is 444 g/mol. The largest absolute Gasteiger partial charge is 0.479 e. The number of carbonyl (C=O) groups is 2. The van der Waals surface area contributed by atoms with E-state index in [9.17, 15) is 9.59 Å². The van der Waals surface area contributed by atoms with Crippen LogP contribution in [0, 0.1) is 13.8 Å². The minimum atomic E-state index is -0.611. The van der Waals surface area contributed by atoms with Gasteiger partial charge in [-0.1, -0.05) is 23.4 Å². The number of carbonyl (C=O) groups excluding carboxylic acids is 2. The molecule has 0 spiro atoms. The Morgan fingerprint density at radius 3 is 2.82 bits per heavy atom. The number of nitrogens with one attached hydrogen (secondary N) is 2. The number of benzene rings is 2. The van der Waals surface area contributed by atoms with E-state index >= 15 is 0 Å². The molecule has 0 saturated heterocycles. The summed E-state index contributed by atoms with van der Waals surface area (Å²) in [5.74, 6) is 0.950. The van der Waals surface area contributed by atoms with Crippen LogP contribution in [0.4, 0.5) is 11.4 Å². The molecular formula is C25H24N4O4. The van der Waals surface area contributed by atoms with Gasteiger partial charge in [-0.05, 0) is 50.6 Å². The third-order valence-electron chi connectivity index (χ3n) is 5.97. The topological polar surface area (TPSA) is 100 Å². The maximum Gasteiger partial charge on any atom is 0.268 e. The first-order valence-corrected chi connectivity index (χ1v) is 10.8. The van der Waals surface area contributed by atoms with Crippen LogP contribution >= 0.6 is 0 Å². The molecule has 1 aliphatic rings. The van der Waals surface area contributed by atoms with Crippen LogP contribution in [0.15, 0.2) is 53.2 Å². The average Bonchev–Trinajstić information content (AvgIpc) is 3.35. The van der Waals surface area contributed by atoms with E-state index < -0.39 is 6.10 Å². The van der Waals surface area contributed by atoms with Gasteiger partial charge in [-0.3, -0.25) is 9.59 Å². The van der Waals surface area contributed by atoms with E-state index in [1.54, 1.807) is 30.0 Å². The van der Waals surface area contributed by atoms with Crippen molar-refractivity contribution in [3.63, 3.8) is 0 Å². The minimum absolute atomic E-state index is 0.145. The van der Waals surface area contributed by atoms with Gasteiger partial charge >= 0.3 is 0 Å². The number of H-pyrrole nitrogens is 1. The van der Waals surface area contributed by atoms with Crippen LogP contribution in [0.1, 0.15) is 29.5 Å². The number of amides is 2. The van der Waals surface area contributed by atoms with E-state index in [-0.39, 0.29) is 18.2 Å². The van der Waals surface area contributed by atoms with Gasteiger partial charge in [-0.15, -0.1) is 0 Å². The number of hydrogen-bond donors (Lipinski definition) is 2. The standard InChI is InChI=1S/C25H24N4O4/c1-14-20(15(2)33-28-14)13-29-22-11-18(8-9-23(22)32-16(3)25(29)31)27-24(30)10-17-12-26-21-7-5-4-6-19(17)21/h4-9,11-12,16,26H,10,13H2,1-3H3,(H,27,30). The third-order valence-corrected chi connectivity index (χ3v) is 5.97. The number of fused-ring (bicyclic) bond motifs is 2. The molecule has 33 heavy (non-hydrogen) atoms. The third kappa shape index (κ3) is 3.84. The van der Waals surface area contributed by atoms with E-state index in [4.69, 9.17) is 9.26 Å². The van der Waals surface area contributed by atoms with E-state index in [1.165, 1.54) is 0 Å². The van der Waals surface area contributed by atoms with Crippen molar-refractivity contribution in [1.29, 1.82) is 0 Å². The fraction of sp³-hybridized carbons (Fsp3) is 0.240. The summed E-state index contributed by atoms with van der Waals surface area (Å²) >= 11 is 0. The highest BCUT2D eigenvalue weighted by Gasteiger charge is 2.33. The van der Waals surface area contributed by atoms with Gasteiger partial charge in [0.1, 0.15) is 11.5 Å². The van der Waals surface area contributed by atoms with Crippen molar-refractivity contribution >= 4 is 34.1 Å². The molecule has 2 aromatic carbocycles. The Labute approximate surface area is 190 Å². The van der Waals surface area contributed by atoms with Crippen molar-refractivity contribution in [3.8, 4) is 5.75 Å². The summed E-state index contributed by atoms with van der Waals surface area (Å²) in [5.41, 5.74) is 4.71. The van der Waals surface area contributed by atoms with E-state index in [0.29, 0.717) is 29.4 Å². The molecule has 1 aliphatic heterocycles. The van der Waals surface area contributed by atoms with E-state index in [1.807, 2.05) is 44.3 Å². The Bertz CT molecular complexity index is 1350. The number of aryl methyl sites for hydroxylation is 2. The second-order valence-electron chi connectivity index (χ2n) is 8.25. The van der Waals surface area contributed by atoms with Gasteiger partial charge in [-0.2, -0.15) is 0 Å². The Hall–Kier alpha value is -4.07. The number of ether oxygens (including phenoxy) is 1. The molecule has 0 fully saturated rings. The summed E-state index contributed by atoms with van der Waals surface area (Å²) in [6, 6.07) is 13.2. The Morgan fingerprint density at radius 2 is 2.03 bits per heavy atom. The molecular weight excluding hydrogens is 420 g/mol. The normalized spacial score (nSPS) is 15.4. The fourth-order valence-corrected chi connectivity index (χ4v) is 4.19. The lowest BCUT2D eigenvalue weighted by atomic mass is 10.1. The smallest absolute Gasteiger partial charge is 0.268 e. The van der Waals surface area contributed by atoms with Gasteiger partial charge < -0.3 is 24.5 Å². The first kappa shape index (κ1) is 20.8. The predicted molar refractivity (Wildman–Crippen MR) is 124 cm³/mol. The quantitative estimate of drug-likeness (QED) is 0.479. The lowest BCUT2D eigenvalue weighted by molar-refractivity contribution is -0.125. The first-order valence-electron chi connectivity index (χ1n) is 10.8. The van der Waals surface area contributed by atoms with Crippen molar-refractivity contribution in [2.75, 3.05) is 10.2 Å². The molecule has 0 aliphatic carbocycles. The Kier molecular flexibility index (Phi) is 5.12. The highest BCUT2D eigenvalue weighted by molar-refractivity contribution is 6.01. The van der Waals surface area contributed by atoms with Crippen molar-refractivity contribution in [2.24, 2.45) is 0 Å². The second-order valence-corrected chi connectivity index (χ2v) is 8.25. The maximum atomic E-state index is 13.0. The van der Waals surface area contributed by atoms with Gasteiger partial charge in [0.05, 0.1) is 24.3 Å². The van der Waals surface area contributed by atoms with Crippen molar-refractivity contribution < 1.29 is 18.8 Å². The van der Waals surface area contributed by atoms with Crippen LogP contribution in [0.5, 0.6) is 5.75 Å². The Balaban J connectivity index is 1.40. The lowest BCUT2D eigenvalue weighted by Gasteiger charge is -2.33.